The normalized spacial score (nSPS) is 33.5. The number of rotatable bonds is 4. The Hall–Kier alpha value is -0.120. The molecule has 1 saturated carbocycles. The second-order valence-corrected chi connectivity index (χ2v) is 5.94. The first-order chi connectivity index (χ1) is 8.24. The van der Waals surface area contributed by atoms with Gasteiger partial charge >= 0.3 is 0 Å². The minimum atomic E-state index is 0.617. The van der Waals surface area contributed by atoms with Crippen molar-refractivity contribution in [2.45, 2.75) is 51.6 Å². The fourth-order valence-electron chi connectivity index (χ4n) is 3.05. The highest BCUT2D eigenvalue weighted by molar-refractivity contribution is 4.79. The van der Waals surface area contributed by atoms with Crippen LogP contribution >= 0.6 is 0 Å². The van der Waals surface area contributed by atoms with Crippen molar-refractivity contribution in [1.29, 1.82) is 0 Å². The van der Waals surface area contributed by atoms with Crippen molar-refractivity contribution in [3.8, 4) is 0 Å². The van der Waals surface area contributed by atoms with E-state index in [1.54, 1.807) is 0 Å². The number of hydrogen-bond acceptors (Lipinski definition) is 3. The smallest absolute Gasteiger partial charge is 0.0594 e. The first kappa shape index (κ1) is 13.3. The molecule has 17 heavy (non-hydrogen) atoms. The zero-order valence-electron chi connectivity index (χ0n) is 11.5. The summed E-state index contributed by atoms with van der Waals surface area (Å²) < 4.78 is 5.38. The highest BCUT2D eigenvalue weighted by Gasteiger charge is 2.20. The Morgan fingerprint density at radius 2 is 1.82 bits per heavy atom. The van der Waals surface area contributed by atoms with Crippen LogP contribution in [0.1, 0.15) is 39.5 Å². The molecular weight excluding hydrogens is 212 g/mol. The first-order valence-corrected chi connectivity index (χ1v) is 7.30. The third-order valence-corrected chi connectivity index (χ3v) is 4.17. The van der Waals surface area contributed by atoms with Crippen LogP contribution in [0.3, 0.4) is 0 Å². The quantitative estimate of drug-likeness (QED) is 0.812. The van der Waals surface area contributed by atoms with E-state index in [-0.39, 0.29) is 0 Å². The molecule has 0 aromatic heterocycles. The molecule has 2 fully saturated rings. The van der Waals surface area contributed by atoms with E-state index in [1.807, 2.05) is 0 Å². The lowest BCUT2D eigenvalue weighted by atomic mass is 9.87. The maximum atomic E-state index is 5.38. The van der Waals surface area contributed by atoms with Gasteiger partial charge in [-0.1, -0.05) is 6.92 Å². The molecule has 1 N–H and O–H groups in total. The molecule has 0 amide bonds. The molecule has 0 spiro atoms. The summed E-state index contributed by atoms with van der Waals surface area (Å²) in [6.07, 6.45) is 5.55. The van der Waals surface area contributed by atoms with Crippen LogP contribution in [-0.2, 0) is 4.74 Å². The molecule has 0 aromatic carbocycles. The summed E-state index contributed by atoms with van der Waals surface area (Å²) in [6, 6.07) is 1.38. The van der Waals surface area contributed by atoms with Crippen LogP contribution in [0.5, 0.6) is 0 Å². The van der Waals surface area contributed by atoms with Crippen LogP contribution in [0.2, 0.25) is 0 Å². The second kappa shape index (κ2) is 6.72. The summed E-state index contributed by atoms with van der Waals surface area (Å²) in [7, 11) is 0. The van der Waals surface area contributed by atoms with Gasteiger partial charge in [-0.15, -0.1) is 0 Å². The lowest BCUT2D eigenvalue weighted by Crippen LogP contribution is -2.47. The number of nitrogens with one attached hydrogen (secondary N) is 1. The Bertz CT molecular complexity index is 208. The average molecular weight is 240 g/mol. The van der Waals surface area contributed by atoms with Crippen molar-refractivity contribution in [3.63, 3.8) is 0 Å². The maximum absolute atomic E-state index is 5.38. The topological polar surface area (TPSA) is 24.5 Å². The fourth-order valence-corrected chi connectivity index (χ4v) is 3.05. The van der Waals surface area contributed by atoms with Crippen molar-refractivity contribution < 1.29 is 4.74 Å². The van der Waals surface area contributed by atoms with E-state index in [0.29, 0.717) is 6.04 Å². The average Bonchev–Trinajstić information content (AvgIpc) is 2.33. The lowest BCUT2D eigenvalue weighted by Gasteiger charge is -2.33. The molecule has 1 saturated heterocycles. The van der Waals surface area contributed by atoms with Crippen molar-refractivity contribution in [1.82, 2.24) is 10.2 Å². The number of ether oxygens (including phenoxy) is 1. The van der Waals surface area contributed by atoms with Crippen molar-refractivity contribution in [3.05, 3.63) is 0 Å². The van der Waals surface area contributed by atoms with E-state index in [0.717, 1.165) is 38.3 Å². The van der Waals surface area contributed by atoms with Gasteiger partial charge in [0.05, 0.1) is 13.2 Å². The van der Waals surface area contributed by atoms with E-state index in [1.165, 1.54) is 32.2 Å². The van der Waals surface area contributed by atoms with Gasteiger partial charge in [-0.3, -0.25) is 4.90 Å². The van der Waals surface area contributed by atoms with Gasteiger partial charge in [0.15, 0.2) is 0 Å². The minimum absolute atomic E-state index is 0.617. The molecule has 1 atom stereocenters. The molecule has 1 aliphatic carbocycles. The van der Waals surface area contributed by atoms with Crippen LogP contribution in [-0.4, -0.2) is 49.8 Å². The molecule has 0 aromatic rings. The Morgan fingerprint density at radius 3 is 2.47 bits per heavy atom. The number of nitrogens with zero attached hydrogens (tertiary/aromatic N) is 1. The van der Waals surface area contributed by atoms with Crippen molar-refractivity contribution >= 4 is 0 Å². The second-order valence-electron chi connectivity index (χ2n) is 5.94. The van der Waals surface area contributed by atoms with Gasteiger partial charge in [0.25, 0.3) is 0 Å². The summed E-state index contributed by atoms with van der Waals surface area (Å²) in [6.45, 7) is 9.92. The summed E-state index contributed by atoms with van der Waals surface area (Å²) in [5.74, 6) is 0.947. The van der Waals surface area contributed by atoms with Gasteiger partial charge in [-0.2, -0.15) is 0 Å². The predicted octanol–water partition coefficient (Wildman–Crippen LogP) is 1.88. The van der Waals surface area contributed by atoms with E-state index < -0.39 is 0 Å². The molecule has 3 nitrogen and oxygen atoms in total. The van der Waals surface area contributed by atoms with Gasteiger partial charge in [-0.25, -0.2) is 0 Å². The summed E-state index contributed by atoms with van der Waals surface area (Å²) >= 11 is 0. The molecule has 0 radical (unpaired) electrons. The van der Waals surface area contributed by atoms with E-state index in [2.05, 4.69) is 24.1 Å². The molecule has 2 rings (SSSR count). The fraction of sp³-hybridized carbons (Fsp3) is 1.00. The molecule has 1 heterocycles. The number of morpholine rings is 1. The monoisotopic (exact) mass is 240 g/mol. The molecular formula is C14H28N2O. The predicted molar refractivity (Wildman–Crippen MR) is 71.3 cm³/mol. The van der Waals surface area contributed by atoms with Crippen LogP contribution in [0.25, 0.3) is 0 Å². The van der Waals surface area contributed by atoms with Gasteiger partial charge < -0.3 is 10.1 Å². The summed E-state index contributed by atoms with van der Waals surface area (Å²) in [5, 5.41) is 3.80. The van der Waals surface area contributed by atoms with E-state index in [9.17, 15) is 0 Å². The number of hydrogen-bond donors (Lipinski definition) is 1. The third kappa shape index (κ3) is 4.57. The van der Waals surface area contributed by atoms with Gasteiger partial charge in [-0.05, 0) is 38.5 Å². The molecule has 0 bridgehead atoms. The molecule has 1 aliphatic heterocycles. The highest BCUT2D eigenvalue weighted by atomic mass is 16.5. The highest BCUT2D eigenvalue weighted by Crippen LogP contribution is 2.23. The largest absolute Gasteiger partial charge is 0.379 e. The minimum Gasteiger partial charge on any atom is -0.379 e. The molecule has 100 valence electrons. The third-order valence-electron chi connectivity index (χ3n) is 4.17. The molecule has 3 heteroatoms. The van der Waals surface area contributed by atoms with Gasteiger partial charge in [0.1, 0.15) is 0 Å². The Balaban J connectivity index is 1.64. The van der Waals surface area contributed by atoms with Crippen LogP contribution < -0.4 is 5.32 Å². The van der Waals surface area contributed by atoms with Crippen molar-refractivity contribution in [2.75, 3.05) is 32.8 Å². The van der Waals surface area contributed by atoms with Crippen LogP contribution in [0, 0.1) is 5.92 Å². The van der Waals surface area contributed by atoms with Crippen LogP contribution in [0.15, 0.2) is 0 Å². The van der Waals surface area contributed by atoms with E-state index >= 15 is 0 Å². The molecule has 2 aliphatic rings. The SMILES string of the molecule is CC1CCC(NC(C)CN2CCOCC2)CC1. The van der Waals surface area contributed by atoms with Crippen molar-refractivity contribution in [2.24, 2.45) is 5.92 Å². The maximum Gasteiger partial charge on any atom is 0.0594 e. The standard InChI is InChI=1S/C14H28N2O/c1-12-3-5-14(6-4-12)15-13(2)11-16-7-9-17-10-8-16/h12-15H,3-11H2,1-2H3. The first-order valence-electron chi connectivity index (χ1n) is 7.30. The molecule has 1 unspecified atom stereocenters. The summed E-state index contributed by atoms with van der Waals surface area (Å²) in [5.41, 5.74) is 0. The Labute approximate surface area is 106 Å². The zero-order valence-corrected chi connectivity index (χ0v) is 11.5. The lowest BCUT2D eigenvalue weighted by molar-refractivity contribution is 0.0334. The summed E-state index contributed by atoms with van der Waals surface area (Å²) in [4.78, 5) is 2.52. The van der Waals surface area contributed by atoms with Gasteiger partial charge in [0.2, 0.25) is 0 Å². The Kier molecular flexibility index (Phi) is 5.26. The van der Waals surface area contributed by atoms with Gasteiger partial charge in [0, 0.05) is 31.7 Å². The zero-order chi connectivity index (χ0) is 12.1. The Morgan fingerprint density at radius 1 is 1.18 bits per heavy atom. The van der Waals surface area contributed by atoms with Crippen LogP contribution in [0.4, 0.5) is 0 Å². The van der Waals surface area contributed by atoms with E-state index in [4.69, 9.17) is 4.74 Å².